The van der Waals surface area contributed by atoms with Crippen LogP contribution in [0.1, 0.15) is 34.1 Å². The van der Waals surface area contributed by atoms with Crippen LogP contribution in [0.2, 0.25) is 0 Å². The summed E-state index contributed by atoms with van der Waals surface area (Å²) in [4.78, 5) is 11.4. The molecular weight excluding hydrogens is 200 g/mol. The molecule has 0 heterocycles. The summed E-state index contributed by atoms with van der Waals surface area (Å²) in [6.07, 6.45) is 2.89. The van der Waals surface area contributed by atoms with Crippen LogP contribution in [0, 0.1) is 11.8 Å². The average molecular weight is 226 g/mol. The lowest BCUT2D eigenvalue weighted by Crippen LogP contribution is -2.41. The first-order chi connectivity index (χ1) is 7.47. The van der Waals surface area contributed by atoms with Gasteiger partial charge in [0.2, 0.25) is 5.91 Å². The van der Waals surface area contributed by atoms with Crippen molar-refractivity contribution in [2.75, 3.05) is 13.1 Å². The second-order valence-electron chi connectivity index (χ2n) is 4.87. The summed E-state index contributed by atoms with van der Waals surface area (Å²) in [7, 11) is 0. The van der Waals surface area contributed by atoms with E-state index >= 15 is 0 Å². The lowest BCUT2D eigenvalue weighted by Gasteiger charge is -2.20. The van der Waals surface area contributed by atoms with Crippen molar-refractivity contribution in [2.45, 2.75) is 40.2 Å². The molecule has 16 heavy (non-hydrogen) atoms. The molecule has 3 nitrogen and oxygen atoms in total. The van der Waals surface area contributed by atoms with E-state index in [-0.39, 0.29) is 5.91 Å². The minimum Gasteiger partial charge on any atom is -0.355 e. The number of nitrogens with one attached hydrogen (secondary N) is 2. The number of rotatable bonds is 8. The molecule has 0 fully saturated rings. The molecule has 3 heteroatoms. The number of carbonyl (C=O) groups is 1. The highest BCUT2D eigenvalue weighted by Crippen LogP contribution is 2.07. The Hall–Kier alpha value is -0.830. The van der Waals surface area contributed by atoms with Crippen LogP contribution in [-0.2, 0) is 4.79 Å². The fourth-order valence-corrected chi connectivity index (χ4v) is 1.30. The van der Waals surface area contributed by atoms with E-state index in [1.165, 1.54) is 0 Å². The van der Waals surface area contributed by atoms with E-state index in [1.807, 2.05) is 6.08 Å². The third-order valence-corrected chi connectivity index (χ3v) is 2.68. The van der Waals surface area contributed by atoms with Crippen LogP contribution in [0.5, 0.6) is 0 Å². The van der Waals surface area contributed by atoms with Crippen molar-refractivity contribution in [2.24, 2.45) is 11.8 Å². The minimum absolute atomic E-state index is 0.0753. The molecule has 2 N–H and O–H groups in total. The van der Waals surface area contributed by atoms with Gasteiger partial charge in [-0.15, -0.1) is 6.58 Å². The molecule has 94 valence electrons. The molecule has 2 atom stereocenters. The van der Waals surface area contributed by atoms with Crippen molar-refractivity contribution in [3.05, 3.63) is 12.7 Å². The van der Waals surface area contributed by atoms with Gasteiger partial charge in [-0.1, -0.05) is 26.8 Å². The van der Waals surface area contributed by atoms with E-state index in [0.717, 1.165) is 13.0 Å². The zero-order chi connectivity index (χ0) is 12.6. The largest absolute Gasteiger partial charge is 0.355 e. The van der Waals surface area contributed by atoms with Crippen LogP contribution in [0.3, 0.4) is 0 Å². The third-order valence-electron chi connectivity index (χ3n) is 2.68. The molecule has 0 spiro atoms. The van der Waals surface area contributed by atoms with Crippen molar-refractivity contribution in [3.63, 3.8) is 0 Å². The highest BCUT2D eigenvalue weighted by molar-refractivity contribution is 5.77. The van der Waals surface area contributed by atoms with Crippen LogP contribution in [0.15, 0.2) is 12.7 Å². The van der Waals surface area contributed by atoms with Gasteiger partial charge in [0, 0.05) is 12.6 Å². The van der Waals surface area contributed by atoms with Crippen LogP contribution < -0.4 is 10.6 Å². The molecular formula is C13H26N2O. The summed E-state index contributed by atoms with van der Waals surface area (Å²) < 4.78 is 0. The van der Waals surface area contributed by atoms with E-state index in [0.29, 0.717) is 24.4 Å². The lowest BCUT2D eigenvalue weighted by molar-refractivity contribution is -0.120. The smallest absolute Gasteiger partial charge is 0.233 e. The van der Waals surface area contributed by atoms with Gasteiger partial charge in [0.05, 0.1) is 6.54 Å². The first-order valence-electron chi connectivity index (χ1n) is 6.08. The van der Waals surface area contributed by atoms with Gasteiger partial charge in [-0.3, -0.25) is 4.79 Å². The summed E-state index contributed by atoms with van der Waals surface area (Å²) in [5.74, 6) is 1.09. The summed E-state index contributed by atoms with van der Waals surface area (Å²) in [6.45, 7) is 13.3. The molecule has 0 aliphatic carbocycles. The molecule has 0 aromatic carbocycles. The zero-order valence-corrected chi connectivity index (χ0v) is 11.0. The highest BCUT2D eigenvalue weighted by Gasteiger charge is 2.11. The third kappa shape index (κ3) is 7.46. The van der Waals surface area contributed by atoms with Gasteiger partial charge in [-0.25, -0.2) is 0 Å². The SMILES string of the molecule is C=CC[C@H](C)[C@@H](C)NCC(=O)NCC(C)C. The van der Waals surface area contributed by atoms with E-state index < -0.39 is 0 Å². The molecule has 0 aromatic rings. The fourth-order valence-electron chi connectivity index (χ4n) is 1.30. The van der Waals surface area contributed by atoms with Crippen LogP contribution in [0.25, 0.3) is 0 Å². The summed E-state index contributed by atoms with van der Waals surface area (Å²) in [5.41, 5.74) is 0. The Morgan fingerprint density at radius 3 is 2.44 bits per heavy atom. The maximum atomic E-state index is 11.4. The quantitative estimate of drug-likeness (QED) is 0.621. The Bertz CT molecular complexity index is 214. The predicted octanol–water partition coefficient (Wildman–Crippen LogP) is 1.95. The van der Waals surface area contributed by atoms with Crippen molar-refractivity contribution >= 4 is 5.91 Å². The lowest BCUT2D eigenvalue weighted by atomic mass is 10.00. The van der Waals surface area contributed by atoms with Crippen molar-refractivity contribution < 1.29 is 4.79 Å². The van der Waals surface area contributed by atoms with Crippen molar-refractivity contribution in [3.8, 4) is 0 Å². The van der Waals surface area contributed by atoms with E-state index in [1.54, 1.807) is 0 Å². The highest BCUT2D eigenvalue weighted by atomic mass is 16.1. The van der Waals surface area contributed by atoms with E-state index in [9.17, 15) is 4.79 Å². The minimum atomic E-state index is 0.0753. The van der Waals surface area contributed by atoms with Gasteiger partial charge in [0.25, 0.3) is 0 Å². The van der Waals surface area contributed by atoms with Gasteiger partial charge < -0.3 is 10.6 Å². The monoisotopic (exact) mass is 226 g/mol. The molecule has 0 radical (unpaired) electrons. The molecule has 0 saturated heterocycles. The first-order valence-corrected chi connectivity index (χ1v) is 6.08. The summed E-state index contributed by atoms with van der Waals surface area (Å²) in [5, 5.41) is 6.12. The maximum absolute atomic E-state index is 11.4. The zero-order valence-electron chi connectivity index (χ0n) is 11.0. The van der Waals surface area contributed by atoms with Gasteiger partial charge >= 0.3 is 0 Å². The molecule has 0 rings (SSSR count). The molecule has 0 unspecified atom stereocenters. The number of hydrogen-bond acceptors (Lipinski definition) is 2. The number of hydrogen-bond donors (Lipinski definition) is 2. The summed E-state index contributed by atoms with van der Waals surface area (Å²) >= 11 is 0. The average Bonchev–Trinajstić information content (AvgIpc) is 2.23. The Kier molecular flexibility index (Phi) is 7.90. The molecule has 0 aliphatic rings. The van der Waals surface area contributed by atoms with E-state index in [4.69, 9.17) is 0 Å². The fraction of sp³-hybridized carbons (Fsp3) is 0.769. The van der Waals surface area contributed by atoms with E-state index in [2.05, 4.69) is 44.9 Å². The van der Waals surface area contributed by atoms with Crippen LogP contribution >= 0.6 is 0 Å². The Morgan fingerprint density at radius 2 is 1.94 bits per heavy atom. The van der Waals surface area contributed by atoms with Gasteiger partial charge in [0.1, 0.15) is 0 Å². The van der Waals surface area contributed by atoms with Gasteiger partial charge in [0.15, 0.2) is 0 Å². The maximum Gasteiger partial charge on any atom is 0.233 e. The first kappa shape index (κ1) is 15.2. The topological polar surface area (TPSA) is 41.1 Å². The van der Waals surface area contributed by atoms with Crippen LogP contribution in [0.4, 0.5) is 0 Å². The predicted molar refractivity (Wildman–Crippen MR) is 69.3 cm³/mol. The van der Waals surface area contributed by atoms with Gasteiger partial charge in [-0.2, -0.15) is 0 Å². The normalized spacial score (nSPS) is 14.6. The van der Waals surface area contributed by atoms with Crippen molar-refractivity contribution in [1.29, 1.82) is 0 Å². The molecule has 0 saturated carbocycles. The summed E-state index contributed by atoms with van der Waals surface area (Å²) in [6, 6.07) is 0.336. The van der Waals surface area contributed by atoms with Gasteiger partial charge in [-0.05, 0) is 25.2 Å². The Labute approximate surface area is 99.7 Å². The Balaban J connectivity index is 3.69. The Morgan fingerprint density at radius 1 is 1.31 bits per heavy atom. The van der Waals surface area contributed by atoms with Crippen molar-refractivity contribution in [1.82, 2.24) is 10.6 Å². The number of amides is 1. The number of carbonyl (C=O) groups excluding carboxylic acids is 1. The molecule has 1 amide bonds. The van der Waals surface area contributed by atoms with Crippen LogP contribution in [-0.4, -0.2) is 25.0 Å². The second-order valence-corrected chi connectivity index (χ2v) is 4.87. The molecule has 0 bridgehead atoms. The molecule has 0 aliphatic heterocycles. The number of allylic oxidation sites excluding steroid dienone is 1. The molecule has 0 aromatic heterocycles. The second kappa shape index (κ2) is 8.34. The standard InChI is InChI=1S/C13H26N2O/c1-6-7-11(4)12(5)14-9-13(16)15-8-10(2)3/h6,10-12,14H,1,7-9H2,2-5H3,(H,15,16)/t11-,12+/m0/s1.